The second kappa shape index (κ2) is 6.31. The lowest BCUT2D eigenvalue weighted by molar-refractivity contribution is -0.111. The van der Waals surface area contributed by atoms with E-state index < -0.39 is 0 Å². The van der Waals surface area contributed by atoms with Crippen LogP contribution in [0.4, 0.5) is 0 Å². The van der Waals surface area contributed by atoms with Crippen LogP contribution >= 0.6 is 0 Å². The van der Waals surface area contributed by atoms with E-state index in [2.05, 4.69) is 0 Å². The molecule has 3 heteroatoms. The zero-order valence-corrected chi connectivity index (χ0v) is 7.12. The molecule has 0 aliphatic carbocycles. The number of carbonyl (C=O) groups excluding carboxylic acids is 1. The molecule has 0 aromatic carbocycles. The number of hydrogen-bond acceptors (Lipinski definition) is 3. The van der Waals surface area contributed by atoms with Crippen LogP contribution in [0.3, 0.4) is 0 Å². The fourth-order valence-electron chi connectivity index (χ4n) is 0.878. The van der Waals surface area contributed by atoms with Gasteiger partial charge in [0.15, 0.2) is 0 Å². The zero-order chi connectivity index (χ0) is 8.69. The number of aliphatic hydroxyl groups is 1. The van der Waals surface area contributed by atoms with Crippen LogP contribution in [0.1, 0.15) is 26.7 Å². The van der Waals surface area contributed by atoms with Crippen molar-refractivity contribution in [1.29, 1.82) is 0 Å². The van der Waals surface area contributed by atoms with Crippen molar-refractivity contribution in [3.8, 4) is 0 Å². The fourth-order valence-corrected chi connectivity index (χ4v) is 0.878. The van der Waals surface area contributed by atoms with Crippen molar-refractivity contribution in [3.63, 3.8) is 0 Å². The minimum Gasteiger partial charge on any atom is -0.396 e. The Hall–Kier alpha value is -0.410. The first-order valence-corrected chi connectivity index (χ1v) is 3.90. The maximum Gasteiger partial charge on any atom is 0.122 e. The van der Waals surface area contributed by atoms with E-state index in [9.17, 15) is 4.79 Å². The summed E-state index contributed by atoms with van der Waals surface area (Å²) in [4.78, 5) is 10.1. The monoisotopic (exact) mass is 160 g/mol. The first kappa shape index (κ1) is 10.6. The molecule has 11 heavy (non-hydrogen) atoms. The van der Waals surface area contributed by atoms with Crippen LogP contribution in [0.15, 0.2) is 0 Å². The van der Waals surface area contributed by atoms with Crippen LogP contribution in [0.5, 0.6) is 0 Å². The first-order chi connectivity index (χ1) is 5.20. The third kappa shape index (κ3) is 6.01. The van der Waals surface area contributed by atoms with Crippen LogP contribution in [0, 0.1) is 0 Å². The molecule has 0 rings (SSSR count). The van der Waals surface area contributed by atoms with E-state index in [0.29, 0.717) is 12.8 Å². The van der Waals surface area contributed by atoms with Gasteiger partial charge in [0.2, 0.25) is 0 Å². The zero-order valence-electron chi connectivity index (χ0n) is 7.12. The van der Waals surface area contributed by atoms with Gasteiger partial charge in [0.25, 0.3) is 0 Å². The number of carbonyl (C=O) groups is 1. The van der Waals surface area contributed by atoms with Crippen molar-refractivity contribution in [1.82, 2.24) is 0 Å². The highest BCUT2D eigenvalue weighted by molar-refractivity contribution is 5.50. The summed E-state index contributed by atoms with van der Waals surface area (Å²) in [6.45, 7) is 3.90. The Balaban J connectivity index is 3.58. The van der Waals surface area contributed by atoms with E-state index in [0.717, 1.165) is 6.29 Å². The molecule has 0 aromatic rings. The molecule has 66 valence electrons. The van der Waals surface area contributed by atoms with Gasteiger partial charge < -0.3 is 14.6 Å². The summed E-state index contributed by atoms with van der Waals surface area (Å²) >= 11 is 0. The molecule has 0 aliphatic heterocycles. The molecular formula is C8H16O3. The Kier molecular flexibility index (Phi) is 6.07. The summed E-state index contributed by atoms with van der Waals surface area (Å²) < 4.78 is 5.34. The Morgan fingerprint density at radius 3 is 2.55 bits per heavy atom. The molecule has 1 unspecified atom stereocenters. The van der Waals surface area contributed by atoms with Gasteiger partial charge in [-0.2, -0.15) is 0 Å². The lowest BCUT2D eigenvalue weighted by Crippen LogP contribution is -2.19. The van der Waals surface area contributed by atoms with Crippen LogP contribution in [0.2, 0.25) is 0 Å². The van der Waals surface area contributed by atoms with Gasteiger partial charge in [0.1, 0.15) is 6.29 Å². The molecule has 0 radical (unpaired) electrons. The van der Waals surface area contributed by atoms with Crippen molar-refractivity contribution >= 4 is 6.29 Å². The van der Waals surface area contributed by atoms with Crippen LogP contribution in [0.25, 0.3) is 0 Å². The second-order valence-corrected chi connectivity index (χ2v) is 2.72. The summed E-state index contributed by atoms with van der Waals surface area (Å²) in [6.07, 6.45) is 1.74. The molecule has 0 amide bonds. The van der Waals surface area contributed by atoms with Gasteiger partial charge in [-0.3, -0.25) is 0 Å². The lowest BCUT2D eigenvalue weighted by atomic mass is 10.2. The van der Waals surface area contributed by atoms with Crippen LogP contribution < -0.4 is 0 Å². The lowest BCUT2D eigenvalue weighted by Gasteiger charge is -2.16. The molecule has 0 fully saturated rings. The van der Waals surface area contributed by atoms with Gasteiger partial charge in [-0.05, 0) is 20.3 Å². The van der Waals surface area contributed by atoms with E-state index in [4.69, 9.17) is 9.84 Å². The Morgan fingerprint density at radius 1 is 1.55 bits per heavy atom. The molecule has 0 aliphatic rings. The molecule has 0 saturated carbocycles. The predicted molar refractivity (Wildman–Crippen MR) is 42.4 cm³/mol. The molecule has 0 aromatic heterocycles. The molecule has 0 spiro atoms. The van der Waals surface area contributed by atoms with Gasteiger partial charge in [0, 0.05) is 13.0 Å². The fraction of sp³-hybridized carbons (Fsp3) is 0.875. The van der Waals surface area contributed by atoms with E-state index in [1.54, 1.807) is 0 Å². The second-order valence-electron chi connectivity index (χ2n) is 2.72. The van der Waals surface area contributed by atoms with Crippen molar-refractivity contribution in [2.45, 2.75) is 38.9 Å². The van der Waals surface area contributed by atoms with Crippen molar-refractivity contribution in [3.05, 3.63) is 0 Å². The highest BCUT2D eigenvalue weighted by Crippen LogP contribution is 2.04. The molecule has 1 atom stereocenters. The molecule has 0 bridgehead atoms. The molecule has 3 nitrogen and oxygen atoms in total. The van der Waals surface area contributed by atoms with Gasteiger partial charge in [-0.25, -0.2) is 0 Å². The van der Waals surface area contributed by atoms with E-state index in [1.165, 1.54) is 0 Å². The van der Waals surface area contributed by atoms with Gasteiger partial charge in [-0.1, -0.05) is 0 Å². The number of hydrogen-bond donors (Lipinski definition) is 1. The van der Waals surface area contributed by atoms with E-state index in [-0.39, 0.29) is 18.8 Å². The number of ether oxygens (including phenoxy) is 1. The largest absolute Gasteiger partial charge is 0.396 e. The number of rotatable bonds is 6. The average molecular weight is 160 g/mol. The van der Waals surface area contributed by atoms with Crippen molar-refractivity contribution in [2.75, 3.05) is 6.61 Å². The molecule has 0 heterocycles. The Morgan fingerprint density at radius 2 is 2.18 bits per heavy atom. The molecule has 0 saturated heterocycles. The smallest absolute Gasteiger partial charge is 0.122 e. The number of aldehydes is 1. The third-order valence-electron chi connectivity index (χ3n) is 1.27. The van der Waals surface area contributed by atoms with Crippen LogP contribution in [-0.4, -0.2) is 30.2 Å². The summed E-state index contributed by atoms with van der Waals surface area (Å²) in [7, 11) is 0. The minimum absolute atomic E-state index is 0.0746. The number of aliphatic hydroxyl groups excluding tert-OH is 1. The highest BCUT2D eigenvalue weighted by Gasteiger charge is 2.08. The van der Waals surface area contributed by atoms with Gasteiger partial charge in [0.05, 0.1) is 12.2 Å². The topological polar surface area (TPSA) is 46.5 Å². The summed E-state index contributed by atoms with van der Waals surface area (Å²) in [5.41, 5.74) is 0. The SMILES string of the molecule is CC(C)OC(CC=O)CCO. The third-order valence-corrected chi connectivity index (χ3v) is 1.27. The highest BCUT2D eigenvalue weighted by atomic mass is 16.5. The normalized spacial score (nSPS) is 13.5. The minimum atomic E-state index is -0.113. The van der Waals surface area contributed by atoms with Gasteiger partial charge in [-0.15, -0.1) is 0 Å². The maximum absolute atomic E-state index is 10.1. The average Bonchev–Trinajstić information content (AvgIpc) is 1.87. The standard InChI is InChI=1S/C8H16O3/c1-7(2)11-8(3-5-9)4-6-10/h5,7-8,10H,3-4,6H2,1-2H3. The predicted octanol–water partition coefficient (Wildman–Crippen LogP) is 0.751. The summed E-state index contributed by atoms with van der Waals surface area (Å²) in [5, 5.41) is 8.58. The van der Waals surface area contributed by atoms with Crippen LogP contribution in [-0.2, 0) is 9.53 Å². The molecular weight excluding hydrogens is 144 g/mol. The summed E-state index contributed by atoms with van der Waals surface area (Å²) in [5.74, 6) is 0. The quantitative estimate of drug-likeness (QED) is 0.583. The Labute approximate surface area is 67.4 Å². The molecule has 1 N–H and O–H groups in total. The maximum atomic E-state index is 10.1. The van der Waals surface area contributed by atoms with Crippen molar-refractivity contribution < 1.29 is 14.6 Å². The van der Waals surface area contributed by atoms with E-state index in [1.807, 2.05) is 13.8 Å². The van der Waals surface area contributed by atoms with Gasteiger partial charge >= 0.3 is 0 Å². The van der Waals surface area contributed by atoms with E-state index >= 15 is 0 Å². The first-order valence-electron chi connectivity index (χ1n) is 3.90. The van der Waals surface area contributed by atoms with Crippen molar-refractivity contribution in [2.24, 2.45) is 0 Å². The Bertz CT molecular complexity index is 102. The summed E-state index contributed by atoms with van der Waals surface area (Å²) in [6, 6.07) is 0.